The summed E-state index contributed by atoms with van der Waals surface area (Å²) in [5, 5.41) is 3.34. The average Bonchev–Trinajstić information content (AvgIpc) is 2.61. The van der Waals surface area contributed by atoms with Gasteiger partial charge in [-0.05, 0) is 31.2 Å². The first-order valence-electron chi connectivity index (χ1n) is 7.92. The van der Waals surface area contributed by atoms with Crippen LogP contribution in [0.5, 0.6) is 0 Å². The number of carbonyl (C=O) groups is 1. The van der Waals surface area contributed by atoms with Gasteiger partial charge in [-0.3, -0.25) is 4.79 Å². The molecule has 0 radical (unpaired) electrons. The van der Waals surface area contributed by atoms with E-state index in [9.17, 15) is 4.79 Å². The molecule has 1 atom stereocenters. The molecule has 0 saturated carbocycles. The average molecular weight is 383 g/mol. The number of hydrogen-bond donors (Lipinski definition) is 1. The Morgan fingerprint density at radius 2 is 1.92 bits per heavy atom. The van der Waals surface area contributed by atoms with Crippen LogP contribution in [-0.4, -0.2) is 48.5 Å². The molecule has 5 nitrogen and oxygen atoms in total. The van der Waals surface area contributed by atoms with Crippen LogP contribution in [0.15, 0.2) is 48.7 Å². The molecule has 1 aliphatic rings. The minimum absolute atomic E-state index is 0. The summed E-state index contributed by atoms with van der Waals surface area (Å²) in [5.41, 5.74) is 1.71. The number of nitrogens with one attached hydrogen (secondary N) is 1. The first kappa shape index (κ1) is 21.2. The van der Waals surface area contributed by atoms with Crippen LogP contribution in [0.4, 0.5) is 11.5 Å². The molecule has 0 spiro atoms. The standard InChI is InChI=1S/C18H22N4O.2ClH/c1-14-13-22(11-10-19-14)18(23)15-8-9-17(20-12-15)21(2)16-6-4-3-5-7-16;;/h3-9,12,14,19H,10-11,13H2,1-2H3;2*1H. The van der Waals surface area contributed by atoms with Crippen molar-refractivity contribution in [3.8, 4) is 0 Å². The molecule has 1 N–H and O–H groups in total. The van der Waals surface area contributed by atoms with Gasteiger partial charge in [0.15, 0.2) is 0 Å². The van der Waals surface area contributed by atoms with Gasteiger partial charge < -0.3 is 15.1 Å². The second-order valence-electron chi connectivity index (χ2n) is 5.91. The Morgan fingerprint density at radius 3 is 2.52 bits per heavy atom. The maximum absolute atomic E-state index is 12.5. The van der Waals surface area contributed by atoms with Gasteiger partial charge in [0.25, 0.3) is 5.91 Å². The summed E-state index contributed by atoms with van der Waals surface area (Å²) in [4.78, 5) is 20.9. The number of aromatic nitrogens is 1. The summed E-state index contributed by atoms with van der Waals surface area (Å²) in [6.07, 6.45) is 1.67. The number of benzene rings is 1. The topological polar surface area (TPSA) is 48.5 Å². The second kappa shape index (κ2) is 9.61. The van der Waals surface area contributed by atoms with E-state index in [1.807, 2.05) is 59.3 Å². The van der Waals surface area contributed by atoms with Crippen LogP contribution in [0.1, 0.15) is 17.3 Å². The van der Waals surface area contributed by atoms with Crippen LogP contribution in [0.25, 0.3) is 0 Å². The first-order chi connectivity index (χ1) is 11.1. The Kier molecular flexibility index (Phi) is 8.16. The highest BCUT2D eigenvalue weighted by Crippen LogP contribution is 2.21. The molecule has 3 rings (SSSR count). The molecular formula is C18H24Cl2N4O. The normalized spacial score (nSPS) is 16.4. The third-order valence-corrected chi connectivity index (χ3v) is 4.14. The number of pyridine rings is 1. The zero-order valence-corrected chi connectivity index (χ0v) is 16.0. The Bertz CT molecular complexity index is 667. The van der Waals surface area contributed by atoms with Gasteiger partial charge in [0.2, 0.25) is 0 Å². The predicted molar refractivity (Wildman–Crippen MR) is 107 cm³/mol. The fourth-order valence-corrected chi connectivity index (χ4v) is 2.79. The molecule has 0 aliphatic carbocycles. The van der Waals surface area contributed by atoms with Crippen molar-refractivity contribution < 1.29 is 4.79 Å². The lowest BCUT2D eigenvalue weighted by Gasteiger charge is -2.32. The van der Waals surface area contributed by atoms with Gasteiger partial charge in [-0.15, -0.1) is 24.8 Å². The van der Waals surface area contributed by atoms with Crippen molar-refractivity contribution in [2.75, 3.05) is 31.6 Å². The van der Waals surface area contributed by atoms with Crippen LogP contribution in [0.2, 0.25) is 0 Å². The summed E-state index contributed by atoms with van der Waals surface area (Å²) >= 11 is 0. The van der Waals surface area contributed by atoms with Crippen LogP contribution >= 0.6 is 24.8 Å². The number of anilines is 2. The van der Waals surface area contributed by atoms with Crippen molar-refractivity contribution >= 4 is 42.2 Å². The Balaban J connectivity index is 0.00000156. The smallest absolute Gasteiger partial charge is 0.255 e. The van der Waals surface area contributed by atoms with E-state index >= 15 is 0 Å². The zero-order chi connectivity index (χ0) is 16.2. The molecule has 25 heavy (non-hydrogen) atoms. The van der Waals surface area contributed by atoms with Crippen LogP contribution in [-0.2, 0) is 0 Å². The number of carbonyl (C=O) groups excluding carboxylic acids is 1. The molecule has 7 heteroatoms. The second-order valence-corrected chi connectivity index (χ2v) is 5.91. The first-order valence-corrected chi connectivity index (χ1v) is 7.92. The molecule has 136 valence electrons. The maximum Gasteiger partial charge on any atom is 0.255 e. The van der Waals surface area contributed by atoms with Crippen molar-refractivity contribution in [3.63, 3.8) is 0 Å². The van der Waals surface area contributed by atoms with E-state index < -0.39 is 0 Å². The van der Waals surface area contributed by atoms with E-state index in [2.05, 4.69) is 17.2 Å². The van der Waals surface area contributed by atoms with E-state index in [4.69, 9.17) is 0 Å². The van der Waals surface area contributed by atoms with Gasteiger partial charge in [0, 0.05) is 44.6 Å². The minimum Gasteiger partial charge on any atom is -0.336 e. The summed E-state index contributed by atoms with van der Waals surface area (Å²) in [5.74, 6) is 0.876. The van der Waals surface area contributed by atoms with Crippen molar-refractivity contribution in [2.45, 2.75) is 13.0 Å². The highest BCUT2D eigenvalue weighted by molar-refractivity contribution is 5.94. The van der Waals surface area contributed by atoms with E-state index in [-0.39, 0.29) is 30.7 Å². The minimum atomic E-state index is 0. The van der Waals surface area contributed by atoms with Gasteiger partial charge >= 0.3 is 0 Å². The van der Waals surface area contributed by atoms with Crippen LogP contribution < -0.4 is 10.2 Å². The van der Waals surface area contributed by atoms with Crippen molar-refractivity contribution in [1.29, 1.82) is 0 Å². The van der Waals surface area contributed by atoms with Gasteiger partial charge in [-0.2, -0.15) is 0 Å². The number of amides is 1. The van der Waals surface area contributed by atoms with Gasteiger partial charge in [-0.1, -0.05) is 18.2 Å². The zero-order valence-electron chi connectivity index (χ0n) is 14.4. The Morgan fingerprint density at radius 1 is 1.20 bits per heavy atom. The molecule has 1 saturated heterocycles. The van der Waals surface area contributed by atoms with E-state index in [0.717, 1.165) is 31.1 Å². The van der Waals surface area contributed by atoms with Crippen molar-refractivity contribution in [2.24, 2.45) is 0 Å². The molecular weight excluding hydrogens is 359 g/mol. The highest BCUT2D eigenvalue weighted by Gasteiger charge is 2.21. The molecule has 1 aliphatic heterocycles. The number of para-hydroxylation sites is 1. The number of nitrogens with zero attached hydrogens (tertiary/aromatic N) is 3. The number of halogens is 2. The molecule has 1 aromatic heterocycles. The lowest BCUT2D eigenvalue weighted by atomic mass is 10.2. The lowest BCUT2D eigenvalue weighted by Crippen LogP contribution is -2.51. The SMILES string of the molecule is CC1CN(C(=O)c2ccc(N(C)c3ccccc3)nc2)CCN1.Cl.Cl. The monoisotopic (exact) mass is 382 g/mol. The van der Waals surface area contributed by atoms with Gasteiger partial charge in [0.1, 0.15) is 5.82 Å². The summed E-state index contributed by atoms with van der Waals surface area (Å²) in [6.45, 7) is 4.42. The van der Waals surface area contributed by atoms with Gasteiger partial charge in [-0.25, -0.2) is 4.98 Å². The number of piperazine rings is 1. The molecule has 2 aromatic rings. The van der Waals surface area contributed by atoms with E-state index in [1.54, 1.807) is 6.20 Å². The predicted octanol–water partition coefficient (Wildman–Crippen LogP) is 3.13. The molecule has 1 unspecified atom stereocenters. The van der Waals surface area contributed by atoms with Gasteiger partial charge in [0.05, 0.1) is 5.56 Å². The third kappa shape index (κ3) is 5.08. The molecule has 1 amide bonds. The lowest BCUT2D eigenvalue weighted by molar-refractivity contribution is 0.0708. The highest BCUT2D eigenvalue weighted by atomic mass is 35.5. The summed E-state index contributed by atoms with van der Waals surface area (Å²) in [7, 11) is 1.97. The molecule has 1 aromatic carbocycles. The van der Waals surface area contributed by atoms with Crippen LogP contribution in [0.3, 0.4) is 0 Å². The number of rotatable bonds is 3. The molecule has 1 fully saturated rings. The molecule has 0 bridgehead atoms. The van der Waals surface area contributed by atoms with Crippen molar-refractivity contribution in [3.05, 3.63) is 54.2 Å². The Labute approximate surface area is 161 Å². The third-order valence-electron chi connectivity index (χ3n) is 4.14. The quantitative estimate of drug-likeness (QED) is 0.885. The Hall–Kier alpha value is -1.82. The summed E-state index contributed by atoms with van der Waals surface area (Å²) in [6, 6.07) is 14.1. The van der Waals surface area contributed by atoms with E-state index in [1.165, 1.54) is 0 Å². The number of hydrogen-bond acceptors (Lipinski definition) is 4. The molecule has 2 heterocycles. The summed E-state index contributed by atoms with van der Waals surface area (Å²) < 4.78 is 0. The van der Waals surface area contributed by atoms with E-state index in [0.29, 0.717) is 11.6 Å². The van der Waals surface area contributed by atoms with Crippen molar-refractivity contribution in [1.82, 2.24) is 15.2 Å². The van der Waals surface area contributed by atoms with Crippen LogP contribution in [0, 0.1) is 0 Å². The largest absolute Gasteiger partial charge is 0.336 e. The fourth-order valence-electron chi connectivity index (χ4n) is 2.79. The maximum atomic E-state index is 12.5. The fraction of sp³-hybridized carbons (Fsp3) is 0.333.